The van der Waals surface area contributed by atoms with Crippen LogP contribution in [-0.2, 0) is 4.79 Å². The third kappa shape index (κ3) is 10.4. The third-order valence-corrected chi connectivity index (χ3v) is 6.31. The molecule has 39 heavy (non-hydrogen) atoms. The van der Waals surface area contributed by atoms with Crippen molar-refractivity contribution in [2.24, 2.45) is 11.3 Å². The molecule has 208 valence electrons. The van der Waals surface area contributed by atoms with Crippen molar-refractivity contribution < 1.29 is 18.3 Å². The fraction of sp³-hybridized carbons (Fsp3) is 0.345. The summed E-state index contributed by atoms with van der Waals surface area (Å²) in [6, 6.07) is 16.6. The molecule has 1 fully saturated rings. The number of benzene rings is 2. The maximum atomic E-state index is 14.2. The van der Waals surface area contributed by atoms with Gasteiger partial charge in [-0.25, -0.2) is 13.8 Å². The second-order valence-electron chi connectivity index (χ2n) is 9.97. The highest BCUT2D eigenvalue weighted by molar-refractivity contribution is 6.31. The van der Waals surface area contributed by atoms with E-state index in [1.165, 1.54) is 25.3 Å². The van der Waals surface area contributed by atoms with Gasteiger partial charge in [0.15, 0.2) is 0 Å². The minimum Gasteiger partial charge on any atom is -0.481 e. The number of anilines is 1. The Balaban J connectivity index is 0.000000234. The van der Waals surface area contributed by atoms with Crippen LogP contribution in [0.25, 0.3) is 0 Å². The fourth-order valence-corrected chi connectivity index (χ4v) is 4.46. The van der Waals surface area contributed by atoms with Crippen LogP contribution >= 0.6 is 23.2 Å². The number of ether oxygens (including phenoxy) is 1. The van der Waals surface area contributed by atoms with Crippen molar-refractivity contribution in [2.75, 3.05) is 19.0 Å². The van der Waals surface area contributed by atoms with E-state index < -0.39 is 5.82 Å². The zero-order valence-corrected chi connectivity index (χ0v) is 23.7. The molecule has 1 aliphatic rings. The average Bonchev–Trinajstić information content (AvgIpc) is 3.27. The lowest BCUT2D eigenvalue weighted by atomic mass is 9.79. The van der Waals surface area contributed by atoms with Crippen LogP contribution in [0.15, 0.2) is 60.8 Å². The normalized spacial score (nSPS) is 18.0. The second kappa shape index (κ2) is 15.4. The minimum absolute atomic E-state index is 0.100. The molecule has 0 radical (unpaired) electrons. The number of rotatable bonds is 5. The SMILES string of the molecule is CC(C)(C)CC1NCC(c2cccc(Cl)c2F)C1C#N.COc1cc(NC=O)ccn1.Fc1cccc(Cl)c1. The van der Waals surface area contributed by atoms with Crippen molar-refractivity contribution in [1.29, 1.82) is 5.26 Å². The first-order valence-electron chi connectivity index (χ1n) is 12.2. The Hall–Kier alpha value is -3.25. The number of carbonyl (C=O) groups excluding carboxylic acids is 1. The summed E-state index contributed by atoms with van der Waals surface area (Å²) in [4.78, 5) is 13.9. The van der Waals surface area contributed by atoms with E-state index in [1.54, 1.807) is 42.6 Å². The van der Waals surface area contributed by atoms with Crippen LogP contribution in [0.3, 0.4) is 0 Å². The summed E-state index contributed by atoms with van der Waals surface area (Å²) in [5.74, 6) is -0.555. The summed E-state index contributed by atoms with van der Waals surface area (Å²) in [7, 11) is 1.52. The number of methoxy groups -OCH3 is 1. The fourth-order valence-electron chi connectivity index (χ4n) is 4.10. The molecule has 0 spiro atoms. The van der Waals surface area contributed by atoms with Crippen molar-refractivity contribution >= 4 is 35.3 Å². The average molecular weight is 578 g/mol. The molecule has 3 unspecified atom stereocenters. The smallest absolute Gasteiger partial charge is 0.214 e. The quantitative estimate of drug-likeness (QED) is 0.312. The lowest BCUT2D eigenvalue weighted by Gasteiger charge is -2.26. The standard InChI is InChI=1S/C16H20ClFN2.C7H8N2O2.C6H4ClF/c1-16(2,3)7-14-11(8-19)12(9-20-14)10-5-4-6-13(17)15(10)18;1-11-7-4-6(9-5-10)2-3-8-7;7-5-2-1-3-6(8)4-5/h4-6,11-12,14,20H,7,9H2,1-3H3;2-5H,1H3,(H,8,9,10);1-4H. The van der Waals surface area contributed by atoms with Crippen molar-refractivity contribution in [3.63, 3.8) is 0 Å². The zero-order valence-electron chi connectivity index (χ0n) is 22.2. The van der Waals surface area contributed by atoms with Gasteiger partial charge in [0.25, 0.3) is 0 Å². The maximum Gasteiger partial charge on any atom is 0.214 e. The van der Waals surface area contributed by atoms with Gasteiger partial charge < -0.3 is 15.4 Å². The molecule has 1 amide bonds. The molecule has 0 saturated carbocycles. The number of carbonyl (C=O) groups is 1. The first-order valence-corrected chi connectivity index (χ1v) is 12.9. The van der Waals surface area contributed by atoms with Gasteiger partial charge in [-0.05, 0) is 47.7 Å². The maximum absolute atomic E-state index is 14.2. The highest BCUT2D eigenvalue weighted by Gasteiger charge is 2.39. The highest BCUT2D eigenvalue weighted by Crippen LogP contribution is 2.38. The molecule has 6 nitrogen and oxygen atoms in total. The van der Waals surface area contributed by atoms with E-state index in [0.29, 0.717) is 35.1 Å². The number of nitrogens with zero attached hydrogens (tertiary/aromatic N) is 2. The van der Waals surface area contributed by atoms with Crippen LogP contribution in [0.5, 0.6) is 5.88 Å². The number of nitriles is 1. The molecular formula is C29H32Cl2F2N4O2. The first-order chi connectivity index (χ1) is 18.5. The molecule has 1 saturated heterocycles. The molecule has 0 bridgehead atoms. The topological polar surface area (TPSA) is 87.0 Å². The van der Waals surface area contributed by atoms with Gasteiger partial charge in [-0.15, -0.1) is 0 Å². The van der Waals surface area contributed by atoms with Crippen LogP contribution in [0.1, 0.15) is 38.7 Å². The van der Waals surface area contributed by atoms with E-state index in [4.69, 9.17) is 27.9 Å². The third-order valence-electron chi connectivity index (χ3n) is 5.79. The predicted octanol–water partition coefficient (Wildman–Crippen LogP) is 7.25. The summed E-state index contributed by atoms with van der Waals surface area (Å²) in [5, 5.41) is 15.9. The van der Waals surface area contributed by atoms with E-state index in [9.17, 15) is 18.8 Å². The molecule has 3 atom stereocenters. The lowest BCUT2D eigenvalue weighted by molar-refractivity contribution is -0.105. The van der Waals surface area contributed by atoms with Gasteiger partial charge in [-0.1, -0.05) is 62.2 Å². The van der Waals surface area contributed by atoms with Gasteiger partial charge in [-0.3, -0.25) is 4.79 Å². The highest BCUT2D eigenvalue weighted by atomic mass is 35.5. The number of nitrogens with one attached hydrogen (secondary N) is 2. The van der Waals surface area contributed by atoms with Gasteiger partial charge in [0.1, 0.15) is 11.6 Å². The minimum atomic E-state index is -0.391. The summed E-state index contributed by atoms with van der Waals surface area (Å²) in [6.45, 7) is 7.07. The van der Waals surface area contributed by atoms with Gasteiger partial charge in [0.05, 0.1) is 24.1 Å². The van der Waals surface area contributed by atoms with Crippen molar-refractivity contribution in [3.8, 4) is 11.9 Å². The van der Waals surface area contributed by atoms with Crippen molar-refractivity contribution in [1.82, 2.24) is 10.3 Å². The number of pyridine rings is 1. The van der Waals surface area contributed by atoms with Crippen LogP contribution in [0.4, 0.5) is 14.5 Å². The van der Waals surface area contributed by atoms with Crippen LogP contribution in [-0.4, -0.2) is 31.1 Å². The van der Waals surface area contributed by atoms with Crippen LogP contribution < -0.4 is 15.4 Å². The van der Waals surface area contributed by atoms with Gasteiger partial charge in [-0.2, -0.15) is 5.26 Å². The van der Waals surface area contributed by atoms with Gasteiger partial charge >= 0.3 is 0 Å². The summed E-state index contributed by atoms with van der Waals surface area (Å²) < 4.78 is 31.1. The molecule has 1 aromatic heterocycles. The Kier molecular flexibility index (Phi) is 12.6. The second-order valence-corrected chi connectivity index (χ2v) is 10.8. The summed E-state index contributed by atoms with van der Waals surface area (Å²) >= 11 is 11.3. The Morgan fingerprint density at radius 3 is 2.46 bits per heavy atom. The van der Waals surface area contributed by atoms with Crippen molar-refractivity contribution in [2.45, 2.75) is 39.2 Å². The van der Waals surface area contributed by atoms with E-state index in [-0.39, 0.29) is 34.1 Å². The number of halogens is 4. The Bertz CT molecular complexity index is 1250. The largest absolute Gasteiger partial charge is 0.481 e. The molecule has 10 heteroatoms. The molecule has 3 aromatic rings. The summed E-state index contributed by atoms with van der Waals surface area (Å²) in [6.07, 6.45) is 3.06. The van der Waals surface area contributed by atoms with Crippen LogP contribution in [0.2, 0.25) is 10.0 Å². The number of hydrogen-bond donors (Lipinski definition) is 2. The number of hydrogen-bond acceptors (Lipinski definition) is 5. The van der Waals surface area contributed by atoms with E-state index in [1.807, 2.05) is 0 Å². The summed E-state index contributed by atoms with van der Waals surface area (Å²) in [5.41, 5.74) is 1.36. The first kappa shape index (κ1) is 32.0. The number of amides is 1. The lowest BCUT2D eigenvalue weighted by Crippen LogP contribution is -2.31. The monoisotopic (exact) mass is 576 g/mol. The molecule has 4 rings (SSSR count). The molecule has 0 aliphatic carbocycles. The molecule has 1 aliphatic heterocycles. The van der Waals surface area contributed by atoms with Gasteiger partial charge in [0, 0.05) is 41.5 Å². The van der Waals surface area contributed by atoms with Crippen molar-refractivity contribution in [3.05, 3.63) is 88.0 Å². The van der Waals surface area contributed by atoms with Crippen LogP contribution in [0, 0.1) is 34.3 Å². The molecular weight excluding hydrogens is 545 g/mol. The van der Waals surface area contributed by atoms with E-state index in [0.717, 1.165) is 6.42 Å². The Morgan fingerprint density at radius 1 is 1.18 bits per heavy atom. The Labute approximate surface area is 238 Å². The van der Waals surface area contributed by atoms with Gasteiger partial charge in [0.2, 0.25) is 12.3 Å². The van der Waals surface area contributed by atoms with E-state index >= 15 is 0 Å². The molecule has 2 aromatic carbocycles. The predicted molar refractivity (Wildman–Crippen MR) is 151 cm³/mol. The zero-order chi connectivity index (χ0) is 29.0. The van der Waals surface area contributed by atoms with E-state index in [2.05, 4.69) is 42.5 Å². The number of aromatic nitrogens is 1. The molecule has 2 N–H and O–H groups in total. The Morgan fingerprint density at radius 2 is 1.90 bits per heavy atom. The molecule has 2 heterocycles.